The Morgan fingerprint density at radius 3 is 2.48 bits per heavy atom. The van der Waals surface area contributed by atoms with Crippen molar-refractivity contribution in [2.75, 3.05) is 11.1 Å². The summed E-state index contributed by atoms with van der Waals surface area (Å²) in [6, 6.07) is 19.6. The number of amides is 1. The van der Waals surface area contributed by atoms with Gasteiger partial charge in [-0.2, -0.15) is 0 Å². The van der Waals surface area contributed by atoms with Gasteiger partial charge in [-0.3, -0.25) is 4.79 Å². The molecule has 0 fully saturated rings. The molecule has 0 radical (unpaired) electrons. The lowest BCUT2D eigenvalue weighted by atomic mass is 10.1. The average molecular weight is 349 g/mol. The summed E-state index contributed by atoms with van der Waals surface area (Å²) < 4.78 is 0. The first-order valence-corrected chi connectivity index (χ1v) is 9.00. The van der Waals surface area contributed by atoms with Gasteiger partial charge >= 0.3 is 0 Å². The Labute approximate surface area is 151 Å². The molecular formula is C20H19N3OS. The number of carbonyl (C=O) groups excluding carboxylic acids is 1. The van der Waals surface area contributed by atoms with Crippen LogP contribution in [0.1, 0.15) is 11.1 Å². The molecule has 3 aromatic rings. The van der Waals surface area contributed by atoms with Gasteiger partial charge in [-0.25, -0.2) is 0 Å². The van der Waals surface area contributed by atoms with Crippen LogP contribution in [0.25, 0.3) is 11.3 Å². The Balaban J connectivity index is 1.58. The maximum atomic E-state index is 12.2. The van der Waals surface area contributed by atoms with Gasteiger partial charge < -0.3 is 5.32 Å². The number of rotatable bonds is 5. The number of benzene rings is 2. The summed E-state index contributed by atoms with van der Waals surface area (Å²) in [6.07, 6.45) is 0. The quantitative estimate of drug-likeness (QED) is 0.690. The molecule has 0 saturated heterocycles. The van der Waals surface area contributed by atoms with Gasteiger partial charge in [0, 0.05) is 11.3 Å². The summed E-state index contributed by atoms with van der Waals surface area (Å²) in [7, 11) is 0. The molecule has 1 aromatic heterocycles. The summed E-state index contributed by atoms with van der Waals surface area (Å²) in [4.78, 5) is 12.2. The van der Waals surface area contributed by atoms with Crippen LogP contribution in [-0.2, 0) is 4.79 Å². The van der Waals surface area contributed by atoms with Gasteiger partial charge in [0.05, 0.1) is 11.4 Å². The Bertz CT molecular complexity index is 864. The van der Waals surface area contributed by atoms with Crippen LogP contribution >= 0.6 is 11.8 Å². The molecule has 1 N–H and O–H groups in total. The molecule has 126 valence electrons. The second kappa shape index (κ2) is 7.94. The van der Waals surface area contributed by atoms with Crippen LogP contribution in [-0.4, -0.2) is 21.9 Å². The number of anilines is 1. The van der Waals surface area contributed by atoms with E-state index in [4.69, 9.17) is 0 Å². The van der Waals surface area contributed by atoms with Crippen molar-refractivity contribution in [3.63, 3.8) is 0 Å². The topological polar surface area (TPSA) is 54.9 Å². The van der Waals surface area contributed by atoms with E-state index in [1.54, 1.807) is 0 Å². The number of nitrogens with zero attached hydrogens (tertiary/aromatic N) is 2. The minimum Gasteiger partial charge on any atom is -0.325 e. The highest BCUT2D eigenvalue weighted by atomic mass is 32.2. The molecule has 0 aliphatic carbocycles. The van der Waals surface area contributed by atoms with Crippen molar-refractivity contribution in [3.8, 4) is 11.3 Å². The number of hydrogen-bond donors (Lipinski definition) is 1. The van der Waals surface area contributed by atoms with Crippen molar-refractivity contribution < 1.29 is 4.79 Å². The van der Waals surface area contributed by atoms with E-state index >= 15 is 0 Å². The van der Waals surface area contributed by atoms with Gasteiger partial charge in [-0.15, -0.1) is 10.2 Å². The molecule has 0 unspecified atom stereocenters. The summed E-state index contributed by atoms with van der Waals surface area (Å²) in [6.45, 7) is 4.04. The molecule has 4 nitrogen and oxygen atoms in total. The Morgan fingerprint density at radius 1 is 0.960 bits per heavy atom. The highest BCUT2D eigenvalue weighted by Crippen LogP contribution is 2.21. The van der Waals surface area contributed by atoms with Crippen LogP contribution < -0.4 is 5.32 Å². The third kappa shape index (κ3) is 4.45. The standard InChI is InChI=1S/C20H19N3OS/c1-14-7-6-10-17(15(14)2)21-19(24)13-25-20-12-11-18(22-23-20)16-8-4-3-5-9-16/h3-12H,13H2,1-2H3,(H,21,24). The number of nitrogens with one attached hydrogen (secondary N) is 1. The Hall–Kier alpha value is -2.66. The molecule has 3 rings (SSSR count). The largest absolute Gasteiger partial charge is 0.325 e. The van der Waals surface area contributed by atoms with Crippen LogP contribution in [0.5, 0.6) is 0 Å². The van der Waals surface area contributed by atoms with E-state index in [0.29, 0.717) is 5.75 Å². The number of carbonyl (C=O) groups is 1. The monoisotopic (exact) mass is 349 g/mol. The minimum atomic E-state index is -0.0485. The van der Waals surface area contributed by atoms with Crippen molar-refractivity contribution in [2.45, 2.75) is 18.9 Å². The van der Waals surface area contributed by atoms with Crippen LogP contribution in [0.2, 0.25) is 0 Å². The fourth-order valence-corrected chi connectivity index (χ4v) is 2.99. The van der Waals surface area contributed by atoms with E-state index in [0.717, 1.165) is 33.1 Å². The highest BCUT2D eigenvalue weighted by molar-refractivity contribution is 7.99. The molecule has 25 heavy (non-hydrogen) atoms. The normalized spacial score (nSPS) is 10.5. The second-order valence-corrected chi connectivity index (χ2v) is 6.70. The van der Waals surface area contributed by atoms with E-state index in [1.165, 1.54) is 11.8 Å². The van der Waals surface area contributed by atoms with Crippen molar-refractivity contribution in [2.24, 2.45) is 0 Å². The third-order valence-electron chi connectivity index (χ3n) is 3.94. The molecule has 5 heteroatoms. The molecule has 1 heterocycles. The van der Waals surface area contributed by atoms with Crippen LogP contribution in [0.3, 0.4) is 0 Å². The zero-order valence-corrected chi connectivity index (χ0v) is 15.0. The molecule has 0 saturated carbocycles. The molecule has 0 aliphatic rings. The van der Waals surface area contributed by atoms with Crippen LogP contribution in [0.15, 0.2) is 65.7 Å². The van der Waals surface area contributed by atoms with Crippen molar-refractivity contribution in [1.29, 1.82) is 0 Å². The molecule has 0 spiro atoms. The smallest absolute Gasteiger partial charge is 0.234 e. The zero-order valence-electron chi connectivity index (χ0n) is 14.2. The SMILES string of the molecule is Cc1cccc(NC(=O)CSc2ccc(-c3ccccc3)nn2)c1C. The van der Waals surface area contributed by atoms with Gasteiger partial charge in [0.15, 0.2) is 0 Å². The fraction of sp³-hybridized carbons (Fsp3) is 0.150. The van der Waals surface area contributed by atoms with Crippen molar-refractivity contribution in [1.82, 2.24) is 10.2 Å². The lowest BCUT2D eigenvalue weighted by Crippen LogP contribution is -2.15. The van der Waals surface area contributed by atoms with Crippen LogP contribution in [0.4, 0.5) is 5.69 Å². The first-order valence-electron chi connectivity index (χ1n) is 8.01. The molecule has 1 amide bonds. The van der Waals surface area contributed by atoms with Gasteiger partial charge in [0.2, 0.25) is 5.91 Å². The summed E-state index contributed by atoms with van der Waals surface area (Å²) >= 11 is 1.38. The molecular weight excluding hydrogens is 330 g/mol. The van der Waals surface area contributed by atoms with Crippen molar-refractivity contribution >= 4 is 23.4 Å². The predicted octanol–water partition coefficient (Wildman–Crippen LogP) is 4.49. The first-order chi connectivity index (χ1) is 12.1. The second-order valence-electron chi connectivity index (χ2n) is 5.71. The van der Waals surface area contributed by atoms with Gasteiger partial charge in [-0.05, 0) is 43.2 Å². The van der Waals surface area contributed by atoms with E-state index in [9.17, 15) is 4.79 Å². The van der Waals surface area contributed by atoms with Crippen LogP contribution in [0, 0.1) is 13.8 Å². The van der Waals surface area contributed by atoms with Gasteiger partial charge in [0.1, 0.15) is 5.03 Å². The molecule has 2 aromatic carbocycles. The molecule has 0 bridgehead atoms. The number of thioether (sulfide) groups is 1. The van der Waals surface area contributed by atoms with E-state index < -0.39 is 0 Å². The average Bonchev–Trinajstić information content (AvgIpc) is 2.65. The van der Waals surface area contributed by atoms with E-state index in [2.05, 4.69) is 15.5 Å². The summed E-state index contributed by atoms with van der Waals surface area (Å²) in [5, 5.41) is 12.1. The third-order valence-corrected chi connectivity index (χ3v) is 4.86. The fourth-order valence-electron chi connectivity index (χ4n) is 2.37. The highest BCUT2D eigenvalue weighted by Gasteiger charge is 2.08. The minimum absolute atomic E-state index is 0.0485. The maximum absolute atomic E-state index is 12.2. The summed E-state index contributed by atoms with van der Waals surface area (Å²) in [5.74, 6) is 0.250. The van der Waals surface area contributed by atoms with Crippen molar-refractivity contribution in [3.05, 3.63) is 71.8 Å². The Kier molecular flexibility index (Phi) is 5.46. The molecule has 0 aliphatic heterocycles. The first kappa shape index (κ1) is 17.2. The molecule has 0 atom stereocenters. The zero-order chi connectivity index (χ0) is 17.6. The lowest BCUT2D eigenvalue weighted by Gasteiger charge is -2.10. The van der Waals surface area contributed by atoms with Gasteiger partial charge in [0.25, 0.3) is 0 Å². The lowest BCUT2D eigenvalue weighted by molar-refractivity contribution is -0.113. The van der Waals surface area contributed by atoms with E-state index in [-0.39, 0.29) is 5.91 Å². The maximum Gasteiger partial charge on any atom is 0.234 e. The number of hydrogen-bond acceptors (Lipinski definition) is 4. The van der Waals surface area contributed by atoms with Gasteiger partial charge in [-0.1, -0.05) is 54.2 Å². The predicted molar refractivity (Wildman–Crippen MR) is 103 cm³/mol. The Morgan fingerprint density at radius 2 is 1.76 bits per heavy atom. The summed E-state index contributed by atoms with van der Waals surface area (Å²) in [5.41, 5.74) is 4.96. The van der Waals surface area contributed by atoms with E-state index in [1.807, 2.05) is 74.5 Å². The number of aromatic nitrogens is 2. The number of aryl methyl sites for hydroxylation is 1.